The summed E-state index contributed by atoms with van der Waals surface area (Å²) in [4.78, 5) is 13.6. The summed E-state index contributed by atoms with van der Waals surface area (Å²) in [6, 6.07) is 9.58. The number of nitrogens with zero attached hydrogens (tertiary/aromatic N) is 1. The fourth-order valence-corrected chi connectivity index (χ4v) is 2.61. The van der Waals surface area contributed by atoms with Gasteiger partial charge in [-0.15, -0.1) is 0 Å². The van der Waals surface area contributed by atoms with Crippen LogP contribution in [0.15, 0.2) is 30.3 Å². The smallest absolute Gasteiger partial charge is 0.312 e. The molecule has 1 aliphatic rings. The lowest BCUT2D eigenvalue weighted by Gasteiger charge is -2.36. The fourth-order valence-electron chi connectivity index (χ4n) is 2.61. The molecule has 1 aromatic carbocycles. The Kier molecular flexibility index (Phi) is 4.56. The third-order valence-electron chi connectivity index (χ3n) is 4.04. The van der Waals surface area contributed by atoms with Gasteiger partial charge in [-0.1, -0.05) is 37.3 Å². The molecule has 1 heterocycles. The number of hydrogen-bond acceptors (Lipinski definition) is 3. The van der Waals surface area contributed by atoms with E-state index in [1.807, 2.05) is 30.3 Å². The van der Waals surface area contributed by atoms with Crippen molar-refractivity contribution in [1.82, 2.24) is 4.90 Å². The van der Waals surface area contributed by atoms with Crippen LogP contribution >= 0.6 is 0 Å². The SMILES string of the molecule is CC1CCN(CC(C(=O)O)c2ccccc2)CC1N. The molecule has 0 amide bonds. The Labute approximate surface area is 114 Å². The number of carboxylic acids is 1. The van der Waals surface area contributed by atoms with Gasteiger partial charge in [-0.2, -0.15) is 0 Å². The van der Waals surface area contributed by atoms with Crippen molar-refractivity contribution in [2.45, 2.75) is 25.3 Å². The molecule has 0 radical (unpaired) electrons. The molecule has 3 N–H and O–H groups in total. The molecule has 3 atom stereocenters. The number of carbonyl (C=O) groups is 1. The highest BCUT2D eigenvalue weighted by Gasteiger charge is 2.28. The summed E-state index contributed by atoms with van der Waals surface area (Å²) in [7, 11) is 0. The predicted molar refractivity (Wildman–Crippen MR) is 75.0 cm³/mol. The van der Waals surface area contributed by atoms with Crippen LogP contribution in [-0.4, -0.2) is 41.7 Å². The Bertz CT molecular complexity index is 421. The van der Waals surface area contributed by atoms with E-state index in [9.17, 15) is 9.90 Å². The second-order valence-corrected chi connectivity index (χ2v) is 5.49. The molecule has 1 aromatic rings. The maximum Gasteiger partial charge on any atom is 0.312 e. The zero-order valence-electron chi connectivity index (χ0n) is 11.3. The van der Waals surface area contributed by atoms with Crippen LogP contribution in [0.5, 0.6) is 0 Å². The largest absolute Gasteiger partial charge is 0.481 e. The highest BCUT2D eigenvalue weighted by atomic mass is 16.4. The molecule has 0 aliphatic carbocycles. The zero-order chi connectivity index (χ0) is 13.8. The van der Waals surface area contributed by atoms with Gasteiger partial charge in [0.05, 0.1) is 5.92 Å². The Hall–Kier alpha value is -1.39. The van der Waals surface area contributed by atoms with Crippen molar-refractivity contribution in [3.05, 3.63) is 35.9 Å². The van der Waals surface area contributed by atoms with E-state index in [2.05, 4.69) is 11.8 Å². The Morgan fingerprint density at radius 1 is 1.47 bits per heavy atom. The molecule has 4 nitrogen and oxygen atoms in total. The van der Waals surface area contributed by atoms with E-state index in [0.717, 1.165) is 25.1 Å². The number of nitrogens with two attached hydrogens (primary N) is 1. The normalized spacial score (nSPS) is 26.0. The Morgan fingerprint density at radius 3 is 2.74 bits per heavy atom. The maximum absolute atomic E-state index is 11.5. The second-order valence-electron chi connectivity index (χ2n) is 5.49. The molecule has 0 bridgehead atoms. The van der Waals surface area contributed by atoms with E-state index >= 15 is 0 Å². The quantitative estimate of drug-likeness (QED) is 0.863. The summed E-state index contributed by atoms with van der Waals surface area (Å²) in [5, 5.41) is 9.42. The van der Waals surface area contributed by atoms with Gasteiger partial charge in [0.2, 0.25) is 0 Å². The molecule has 0 saturated carbocycles. The van der Waals surface area contributed by atoms with E-state index < -0.39 is 11.9 Å². The standard InChI is InChI=1S/C15H22N2O2/c1-11-7-8-17(10-14(11)16)9-13(15(18)19)12-5-3-2-4-6-12/h2-6,11,13-14H,7-10,16H2,1H3,(H,18,19). The lowest BCUT2D eigenvalue weighted by Crippen LogP contribution is -2.49. The minimum absolute atomic E-state index is 0.152. The van der Waals surface area contributed by atoms with Crippen molar-refractivity contribution in [3.63, 3.8) is 0 Å². The van der Waals surface area contributed by atoms with Crippen molar-refractivity contribution in [2.24, 2.45) is 11.7 Å². The average molecular weight is 262 g/mol. The maximum atomic E-state index is 11.5. The van der Waals surface area contributed by atoms with Crippen LogP contribution in [-0.2, 0) is 4.79 Å². The van der Waals surface area contributed by atoms with Gasteiger partial charge in [-0.05, 0) is 24.4 Å². The van der Waals surface area contributed by atoms with Crippen molar-refractivity contribution >= 4 is 5.97 Å². The first-order chi connectivity index (χ1) is 9.08. The lowest BCUT2D eigenvalue weighted by molar-refractivity contribution is -0.139. The van der Waals surface area contributed by atoms with Crippen molar-refractivity contribution in [2.75, 3.05) is 19.6 Å². The van der Waals surface area contributed by atoms with Gasteiger partial charge < -0.3 is 15.7 Å². The minimum Gasteiger partial charge on any atom is -0.481 e. The molecule has 0 spiro atoms. The topological polar surface area (TPSA) is 66.6 Å². The molecule has 3 unspecified atom stereocenters. The minimum atomic E-state index is -0.765. The highest BCUT2D eigenvalue weighted by Crippen LogP contribution is 2.21. The Morgan fingerprint density at radius 2 is 2.16 bits per heavy atom. The third kappa shape index (κ3) is 3.55. The molecule has 104 valence electrons. The molecular formula is C15H22N2O2. The van der Waals surface area contributed by atoms with E-state index in [-0.39, 0.29) is 6.04 Å². The predicted octanol–water partition coefficient (Wildman–Crippen LogP) is 1.52. The van der Waals surface area contributed by atoms with Crippen LogP contribution in [0.25, 0.3) is 0 Å². The first-order valence-corrected chi connectivity index (χ1v) is 6.83. The van der Waals surface area contributed by atoms with Gasteiger partial charge in [0.25, 0.3) is 0 Å². The Balaban J connectivity index is 2.04. The number of benzene rings is 1. The number of aliphatic carboxylic acids is 1. The van der Waals surface area contributed by atoms with Crippen LogP contribution < -0.4 is 5.73 Å². The van der Waals surface area contributed by atoms with Crippen LogP contribution in [0.3, 0.4) is 0 Å². The zero-order valence-corrected chi connectivity index (χ0v) is 11.3. The summed E-state index contributed by atoms with van der Waals surface area (Å²) in [5.74, 6) is -0.712. The molecule has 1 aliphatic heterocycles. The molecule has 4 heteroatoms. The highest BCUT2D eigenvalue weighted by molar-refractivity contribution is 5.76. The van der Waals surface area contributed by atoms with Crippen molar-refractivity contribution in [3.8, 4) is 0 Å². The van der Waals surface area contributed by atoms with Crippen LogP contribution in [0.4, 0.5) is 0 Å². The molecule has 2 rings (SSSR count). The van der Waals surface area contributed by atoms with E-state index in [1.54, 1.807) is 0 Å². The van der Waals surface area contributed by atoms with E-state index in [1.165, 1.54) is 0 Å². The molecule has 1 saturated heterocycles. The summed E-state index contributed by atoms with van der Waals surface area (Å²) in [5.41, 5.74) is 6.93. The monoisotopic (exact) mass is 262 g/mol. The number of likely N-dealkylation sites (tertiary alicyclic amines) is 1. The third-order valence-corrected chi connectivity index (χ3v) is 4.04. The van der Waals surface area contributed by atoms with Gasteiger partial charge in [0.1, 0.15) is 0 Å². The van der Waals surface area contributed by atoms with Crippen molar-refractivity contribution in [1.29, 1.82) is 0 Å². The van der Waals surface area contributed by atoms with Crippen molar-refractivity contribution < 1.29 is 9.90 Å². The first kappa shape index (κ1) is 14.0. The first-order valence-electron chi connectivity index (χ1n) is 6.83. The van der Waals surface area contributed by atoms with Gasteiger partial charge in [0.15, 0.2) is 0 Å². The molecule has 19 heavy (non-hydrogen) atoms. The van der Waals surface area contributed by atoms with E-state index in [0.29, 0.717) is 12.5 Å². The number of carboxylic acid groups (broad SMARTS) is 1. The van der Waals surface area contributed by atoms with Gasteiger partial charge in [0, 0.05) is 19.1 Å². The second kappa shape index (κ2) is 6.17. The number of rotatable bonds is 4. The summed E-state index contributed by atoms with van der Waals surface area (Å²) in [6.45, 7) is 4.43. The summed E-state index contributed by atoms with van der Waals surface area (Å²) in [6.07, 6.45) is 1.04. The molecule has 1 fully saturated rings. The van der Waals surface area contributed by atoms with Crippen LogP contribution in [0.1, 0.15) is 24.8 Å². The lowest BCUT2D eigenvalue weighted by atomic mass is 9.92. The van der Waals surface area contributed by atoms with Gasteiger partial charge in [-0.25, -0.2) is 0 Å². The number of piperidine rings is 1. The van der Waals surface area contributed by atoms with Crippen LogP contribution in [0, 0.1) is 5.92 Å². The average Bonchev–Trinajstić information content (AvgIpc) is 2.40. The molecular weight excluding hydrogens is 240 g/mol. The fraction of sp³-hybridized carbons (Fsp3) is 0.533. The summed E-state index contributed by atoms with van der Waals surface area (Å²) < 4.78 is 0. The van der Waals surface area contributed by atoms with Gasteiger partial charge >= 0.3 is 5.97 Å². The molecule has 0 aromatic heterocycles. The van der Waals surface area contributed by atoms with Crippen LogP contribution in [0.2, 0.25) is 0 Å². The van der Waals surface area contributed by atoms with E-state index in [4.69, 9.17) is 5.73 Å². The van der Waals surface area contributed by atoms with Gasteiger partial charge in [-0.3, -0.25) is 4.79 Å². The summed E-state index contributed by atoms with van der Waals surface area (Å²) >= 11 is 0. The number of hydrogen-bond donors (Lipinski definition) is 2.